The fourth-order valence-corrected chi connectivity index (χ4v) is 2.08. The normalized spacial score (nSPS) is 9.74. The molecular weight excluding hydrogens is 403 g/mol. The van der Waals surface area contributed by atoms with Gasteiger partial charge in [-0.2, -0.15) is 0 Å². The average Bonchev–Trinajstić information content (AvgIpc) is 2.62. The minimum atomic E-state index is -0.900. The molecule has 0 saturated carbocycles. The third kappa shape index (κ3) is 8.38. The number of amides is 5. The van der Waals surface area contributed by atoms with Crippen LogP contribution in [0.1, 0.15) is 10.4 Å². The lowest BCUT2D eigenvalue weighted by Gasteiger charge is -2.08. The summed E-state index contributed by atoms with van der Waals surface area (Å²) in [5.74, 6) is -3.00. The summed E-state index contributed by atoms with van der Waals surface area (Å²) < 4.78 is 4.56. The molecule has 5 amide bonds. The molecule has 0 fully saturated rings. The van der Waals surface area contributed by atoms with E-state index >= 15 is 0 Å². The summed E-state index contributed by atoms with van der Waals surface area (Å²) >= 11 is 11.6. The quantitative estimate of drug-likeness (QED) is 0.453. The van der Waals surface area contributed by atoms with Gasteiger partial charge in [-0.3, -0.25) is 24.5 Å². The second-order valence-electron chi connectivity index (χ2n) is 4.87. The van der Waals surface area contributed by atoms with Crippen molar-refractivity contribution in [2.75, 3.05) is 26.7 Å². The van der Waals surface area contributed by atoms with Crippen molar-refractivity contribution in [2.45, 2.75) is 0 Å². The summed E-state index contributed by atoms with van der Waals surface area (Å²) in [6, 6.07) is 3.51. The van der Waals surface area contributed by atoms with Crippen molar-refractivity contribution >= 4 is 52.9 Å². The molecule has 0 atom stereocenters. The highest BCUT2D eigenvalue weighted by Crippen LogP contribution is 2.20. The predicted octanol–water partition coefficient (Wildman–Crippen LogP) is -0.162. The third-order valence-electron chi connectivity index (χ3n) is 2.86. The topological polar surface area (TPSA) is 143 Å². The SMILES string of the molecule is CNC(=O)NC(=O)COC(=O)CNC(=O)CNC(=O)c1ccc(Cl)cc1Cl. The molecule has 1 rings (SSSR count). The van der Waals surface area contributed by atoms with Crippen LogP contribution in [0.4, 0.5) is 4.79 Å². The van der Waals surface area contributed by atoms with Crippen molar-refractivity contribution in [3.8, 4) is 0 Å². The molecule has 0 spiro atoms. The number of esters is 1. The molecule has 27 heavy (non-hydrogen) atoms. The van der Waals surface area contributed by atoms with Crippen LogP contribution in [0.2, 0.25) is 10.0 Å². The van der Waals surface area contributed by atoms with Crippen molar-refractivity contribution in [2.24, 2.45) is 0 Å². The summed E-state index contributed by atoms with van der Waals surface area (Å²) in [6.45, 7) is -1.63. The fourth-order valence-electron chi connectivity index (χ4n) is 1.58. The molecule has 1 aromatic rings. The number of hydrogen-bond donors (Lipinski definition) is 4. The van der Waals surface area contributed by atoms with Gasteiger partial charge in [0.1, 0.15) is 6.54 Å². The minimum Gasteiger partial charge on any atom is -0.454 e. The Balaban J connectivity index is 2.30. The molecule has 0 unspecified atom stereocenters. The first-order valence-corrected chi connectivity index (χ1v) is 8.15. The van der Waals surface area contributed by atoms with Crippen molar-refractivity contribution in [3.63, 3.8) is 0 Å². The van der Waals surface area contributed by atoms with E-state index in [9.17, 15) is 24.0 Å². The van der Waals surface area contributed by atoms with Gasteiger partial charge in [0, 0.05) is 12.1 Å². The highest BCUT2D eigenvalue weighted by atomic mass is 35.5. The van der Waals surface area contributed by atoms with E-state index in [1.165, 1.54) is 25.2 Å². The van der Waals surface area contributed by atoms with Crippen LogP contribution in [0, 0.1) is 0 Å². The molecule has 4 N–H and O–H groups in total. The Kier molecular flexibility index (Phi) is 9.03. The molecular formula is C15H16Cl2N4O6. The van der Waals surface area contributed by atoms with Crippen LogP contribution in [0.15, 0.2) is 18.2 Å². The zero-order valence-electron chi connectivity index (χ0n) is 14.1. The molecule has 0 aliphatic carbocycles. The monoisotopic (exact) mass is 418 g/mol. The lowest BCUT2D eigenvalue weighted by molar-refractivity contribution is -0.148. The van der Waals surface area contributed by atoms with Gasteiger partial charge in [-0.15, -0.1) is 0 Å². The summed E-state index contributed by atoms with van der Waals surface area (Å²) in [5.41, 5.74) is 0.135. The molecule has 0 aromatic heterocycles. The van der Waals surface area contributed by atoms with Crippen LogP contribution in [0.3, 0.4) is 0 Å². The van der Waals surface area contributed by atoms with Gasteiger partial charge in [0.15, 0.2) is 6.61 Å². The second-order valence-corrected chi connectivity index (χ2v) is 5.72. The standard InChI is InChI=1S/C15H16Cl2N4O6/c1-18-15(26)21-12(23)7-27-13(24)6-19-11(22)5-20-14(25)9-3-2-8(16)4-10(9)17/h2-4H,5-7H2,1H3,(H,19,22)(H,20,25)(H2,18,21,23,26). The van der Waals surface area contributed by atoms with E-state index in [1.54, 1.807) is 0 Å². The Morgan fingerprint density at radius 1 is 1.00 bits per heavy atom. The molecule has 146 valence electrons. The number of rotatable bonds is 7. The van der Waals surface area contributed by atoms with E-state index in [0.717, 1.165) is 0 Å². The highest BCUT2D eigenvalue weighted by Gasteiger charge is 2.14. The van der Waals surface area contributed by atoms with Crippen LogP contribution in [-0.2, 0) is 19.1 Å². The van der Waals surface area contributed by atoms with Gasteiger partial charge in [0.05, 0.1) is 17.1 Å². The zero-order valence-corrected chi connectivity index (χ0v) is 15.6. The molecule has 0 radical (unpaired) electrons. The van der Waals surface area contributed by atoms with E-state index in [2.05, 4.69) is 20.7 Å². The van der Waals surface area contributed by atoms with Crippen LogP contribution < -0.4 is 21.3 Å². The first kappa shape index (κ1) is 22.2. The van der Waals surface area contributed by atoms with Crippen molar-refractivity contribution < 1.29 is 28.7 Å². The summed E-state index contributed by atoms with van der Waals surface area (Å²) in [7, 11) is 1.31. The Morgan fingerprint density at radius 3 is 2.33 bits per heavy atom. The predicted molar refractivity (Wildman–Crippen MR) is 95.4 cm³/mol. The summed E-state index contributed by atoms with van der Waals surface area (Å²) in [6.07, 6.45) is 0. The van der Waals surface area contributed by atoms with E-state index in [1.807, 2.05) is 5.32 Å². The average molecular weight is 419 g/mol. The molecule has 0 aliphatic heterocycles. The Morgan fingerprint density at radius 2 is 1.70 bits per heavy atom. The highest BCUT2D eigenvalue weighted by molar-refractivity contribution is 6.36. The van der Waals surface area contributed by atoms with Gasteiger partial charge in [0.2, 0.25) is 5.91 Å². The zero-order chi connectivity index (χ0) is 20.4. The molecule has 12 heteroatoms. The number of benzene rings is 1. The van der Waals surface area contributed by atoms with Gasteiger partial charge >= 0.3 is 12.0 Å². The van der Waals surface area contributed by atoms with E-state index in [0.29, 0.717) is 5.02 Å². The maximum absolute atomic E-state index is 11.9. The molecule has 0 heterocycles. The number of carbonyl (C=O) groups excluding carboxylic acids is 5. The maximum atomic E-state index is 11.9. The van der Waals surface area contributed by atoms with Gasteiger partial charge in [-0.25, -0.2) is 4.79 Å². The number of carbonyl (C=O) groups is 5. The van der Waals surface area contributed by atoms with Crippen molar-refractivity contribution in [3.05, 3.63) is 33.8 Å². The summed E-state index contributed by atoms with van der Waals surface area (Å²) in [4.78, 5) is 57.0. The lowest BCUT2D eigenvalue weighted by atomic mass is 10.2. The van der Waals surface area contributed by atoms with E-state index < -0.39 is 49.4 Å². The first-order valence-electron chi connectivity index (χ1n) is 7.40. The molecule has 0 saturated heterocycles. The Labute approximate surface area is 163 Å². The number of hydrogen-bond acceptors (Lipinski definition) is 6. The Bertz CT molecular complexity index is 756. The number of imide groups is 1. The van der Waals surface area contributed by atoms with Crippen LogP contribution in [0.5, 0.6) is 0 Å². The Hall–Kier alpha value is -2.85. The van der Waals surface area contributed by atoms with Crippen LogP contribution >= 0.6 is 23.2 Å². The smallest absolute Gasteiger partial charge is 0.325 e. The summed E-state index contributed by atoms with van der Waals surface area (Å²) in [5, 5.41) is 9.03. The second kappa shape index (κ2) is 11.0. The molecule has 10 nitrogen and oxygen atoms in total. The molecule has 1 aromatic carbocycles. The van der Waals surface area contributed by atoms with Crippen LogP contribution in [-0.4, -0.2) is 56.5 Å². The molecule has 0 bridgehead atoms. The van der Waals surface area contributed by atoms with Gasteiger partial charge in [0.25, 0.3) is 11.8 Å². The maximum Gasteiger partial charge on any atom is 0.325 e. The van der Waals surface area contributed by atoms with Gasteiger partial charge < -0.3 is 20.7 Å². The lowest BCUT2D eigenvalue weighted by Crippen LogP contribution is -2.41. The third-order valence-corrected chi connectivity index (χ3v) is 3.41. The molecule has 0 aliphatic rings. The number of halogens is 2. The minimum absolute atomic E-state index is 0.124. The van der Waals surface area contributed by atoms with E-state index in [4.69, 9.17) is 23.2 Å². The van der Waals surface area contributed by atoms with E-state index in [-0.39, 0.29) is 10.6 Å². The number of nitrogens with one attached hydrogen (secondary N) is 4. The van der Waals surface area contributed by atoms with Crippen molar-refractivity contribution in [1.29, 1.82) is 0 Å². The number of urea groups is 1. The van der Waals surface area contributed by atoms with Gasteiger partial charge in [-0.05, 0) is 18.2 Å². The first-order chi connectivity index (χ1) is 12.7. The largest absolute Gasteiger partial charge is 0.454 e. The van der Waals surface area contributed by atoms with Crippen molar-refractivity contribution in [1.82, 2.24) is 21.3 Å². The van der Waals surface area contributed by atoms with Gasteiger partial charge in [-0.1, -0.05) is 23.2 Å². The van der Waals surface area contributed by atoms with Crippen LogP contribution in [0.25, 0.3) is 0 Å². The fraction of sp³-hybridized carbons (Fsp3) is 0.267. The number of ether oxygens (including phenoxy) is 1.